The van der Waals surface area contributed by atoms with Crippen molar-refractivity contribution in [2.45, 2.75) is 32.7 Å². The minimum Gasteiger partial charge on any atom is -0.398 e. The molecule has 2 N–H and O–H groups in total. The van der Waals surface area contributed by atoms with Gasteiger partial charge in [-0.2, -0.15) is 5.26 Å². The lowest BCUT2D eigenvalue weighted by Crippen LogP contribution is -2.29. The van der Waals surface area contributed by atoms with E-state index in [0.29, 0.717) is 23.2 Å². The summed E-state index contributed by atoms with van der Waals surface area (Å²) >= 11 is 0. The van der Waals surface area contributed by atoms with Crippen molar-refractivity contribution in [3.63, 3.8) is 0 Å². The Morgan fingerprint density at radius 1 is 1.47 bits per heavy atom. The lowest BCUT2D eigenvalue weighted by molar-refractivity contribution is 0.607. The quantitative estimate of drug-likeness (QED) is 0.808. The van der Waals surface area contributed by atoms with Gasteiger partial charge in [0.25, 0.3) is 0 Å². The molecule has 1 aliphatic rings. The fourth-order valence-electron chi connectivity index (χ4n) is 2.08. The highest BCUT2D eigenvalue weighted by Gasteiger charge is 2.29. The molecule has 0 radical (unpaired) electrons. The van der Waals surface area contributed by atoms with Gasteiger partial charge in [-0.25, -0.2) is 0 Å². The maximum atomic E-state index is 8.87. The van der Waals surface area contributed by atoms with Crippen LogP contribution in [0.5, 0.6) is 0 Å². The number of anilines is 2. The summed E-state index contributed by atoms with van der Waals surface area (Å²) in [4.78, 5) is 2.42. The fraction of sp³-hybridized carbons (Fsp3) is 0.500. The van der Waals surface area contributed by atoms with E-state index in [4.69, 9.17) is 11.0 Å². The average molecular weight is 229 g/mol. The van der Waals surface area contributed by atoms with Gasteiger partial charge >= 0.3 is 0 Å². The molecule has 2 rings (SSSR count). The molecule has 17 heavy (non-hydrogen) atoms. The maximum absolute atomic E-state index is 8.87. The predicted molar refractivity (Wildman–Crippen MR) is 70.8 cm³/mol. The molecule has 0 aliphatic heterocycles. The molecular formula is C14H19N3. The zero-order valence-electron chi connectivity index (χ0n) is 10.5. The first-order chi connectivity index (χ1) is 8.11. The molecule has 0 unspecified atom stereocenters. The molecule has 90 valence electrons. The highest BCUT2D eigenvalue weighted by Crippen LogP contribution is 2.33. The summed E-state index contributed by atoms with van der Waals surface area (Å²) in [6, 6.07) is 8.53. The first kappa shape index (κ1) is 11.8. The Labute approximate surface area is 103 Å². The van der Waals surface area contributed by atoms with Crippen molar-refractivity contribution >= 4 is 11.4 Å². The second kappa shape index (κ2) is 4.67. The summed E-state index contributed by atoms with van der Waals surface area (Å²) < 4.78 is 0. The van der Waals surface area contributed by atoms with E-state index in [9.17, 15) is 0 Å². The van der Waals surface area contributed by atoms with Gasteiger partial charge in [0, 0.05) is 18.3 Å². The Bertz CT molecular complexity index is 441. The highest BCUT2D eigenvalue weighted by atomic mass is 15.2. The molecule has 0 saturated heterocycles. The smallest absolute Gasteiger partial charge is 0.101 e. The topological polar surface area (TPSA) is 53.0 Å². The van der Waals surface area contributed by atoms with Crippen molar-refractivity contribution < 1.29 is 0 Å². The van der Waals surface area contributed by atoms with E-state index in [-0.39, 0.29) is 0 Å². The van der Waals surface area contributed by atoms with E-state index in [0.717, 1.165) is 12.2 Å². The van der Waals surface area contributed by atoms with Crippen LogP contribution in [0.1, 0.15) is 32.3 Å². The third kappa shape index (κ3) is 2.71. The van der Waals surface area contributed by atoms with Crippen LogP contribution in [0.25, 0.3) is 0 Å². The Hall–Kier alpha value is -1.69. The van der Waals surface area contributed by atoms with Crippen LogP contribution in [0.15, 0.2) is 18.2 Å². The van der Waals surface area contributed by atoms with E-state index < -0.39 is 0 Å². The molecule has 1 aromatic rings. The number of rotatable bonds is 4. The van der Waals surface area contributed by atoms with Gasteiger partial charge in [0.1, 0.15) is 6.07 Å². The van der Waals surface area contributed by atoms with E-state index in [1.54, 1.807) is 0 Å². The van der Waals surface area contributed by atoms with Gasteiger partial charge in [-0.15, -0.1) is 0 Å². The van der Waals surface area contributed by atoms with Crippen molar-refractivity contribution in [3.05, 3.63) is 23.8 Å². The molecule has 0 aromatic heterocycles. The normalized spacial score (nSPS) is 14.7. The average Bonchev–Trinajstić information content (AvgIpc) is 3.09. The van der Waals surface area contributed by atoms with Crippen LogP contribution in [0.2, 0.25) is 0 Å². The molecule has 1 saturated carbocycles. The Kier molecular flexibility index (Phi) is 3.23. The first-order valence-electron chi connectivity index (χ1n) is 6.18. The molecule has 0 atom stereocenters. The van der Waals surface area contributed by atoms with Gasteiger partial charge in [0.15, 0.2) is 0 Å². The summed E-state index contributed by atoms with van der Waals surface area (Å²) in [6.45, 7) is 5.50. The van der Waals surface area contributed by atoms with Crippen LogP contribution >= 0.6 is 0 Å². The number of nitrogens with two attached hydrogens (primary N) is 1. The van der Waals surface area contributed by atoms with Crippen LogP contribution in [0, 0.1) is 17.2 Å². The minimum atomic E-state index is 0.564. The summed E-state index contributed by atoms with van der Waals surface area (Å²) in [5, 5.41) is 8.87. The standard InChI is InChI=1S/C14H19N3/c1-10(2)9-17(12-5-6-12)13-4-3-11(8-15)14(16)7-13/h3-4,7,10,12H,5-6,9,16H2,1-2H3. The van der Waals surface area contributed by atoms with Crippen LogP contribution in [-0.4, -0.2) is 12.6 Å². The van der Waals surface area contributed by atoms with E-state index in [1.807, 2.05) is 18.2 Å². The number of nitrogens with zero attached hydrogens (tertiary/aromatic N) is 2. The largest absolute Gasteiger partial charge is 0.398 e. The zero-order chi connectivity index (χ0) is 12.4. The molecule has 3 nitrogen and oxygen atoms in total. The van der Waals surface area contributed by atoms with E-state index in [1.165, 1.54) is 12.8 Å². The first-order valence-corrected chi connectivity index (χ1v) is 6.18. The second-order valence-corrected chi connectivity index (χ2v) is 5.16. The maximum Gasteiger partial charge on any atom is 0.101 e. The number of hydrogen-bond acceptors (Lipinski definition) is 3. The number of nitriles is 1. The van der Waals surface area contributed by atoms with Gasteiger partial charge in [-0.05, 0) is 37.0 Å². The molecule has 1 aliphatic carbocycles. The lowest BCUT2D eigenvalue weighted by atomic mass is 10.1. The van der Waals surface area contributed by atoms with Crippen molar-refractivity contribution in [3.8, 4) is 6.07 Å². The lowest BCUT2D eigenvalue weighted by Gasteiger charge is -2.27. The van der Waals surface area contributed by atoms with Gasteiger partial charge < -0.3 is 10.6 Å². The van der Waals surface area contributed by atoms with Crippen LogP contribution in [0.4, 0.5) is 11.4 Å². The van der Waals surface area contributed by atoms with Crippen LogP contribution < -0.4 is 10.6 Å². The molecule has 0 heterocycles. The molecule has 0 spiro atoms. The Morgan fingerprint density at radius 3 is 2.65 bits per heavy atom. The number of nitrogen functional groups attached to an aromatic ring is 1. The van der Waals surface area contributed by atoms with Gasteiger partial charge in [-0.3, -0.25) is 0 Å². The number of hydrogen-bond donors (Lipinski definition) is 1. The van der Waals surface area contributed by atoms with Gasteiger partial charge in [0.2, 0.25) is 0 Å². The van der Waals surface area contributed by atoms with Crippen LogP contribution in [0.3, 0.4) is 0 Å². The van der Waals surface area contributed by atoms with Crippen molar-refractivity contribution in [2.24, 2.45) is 5.92 Å². The third-order valence-corrected chi connectivity index (χ3v) is 3.04. The highest BCUT2D eigenvalue weighted by molar-refractivity contribution is 5.64. The monoisotopic (exact) mass is 229 g/mol. The van der Waals surface area contributed by atoms with E-state index >= 15 is 0 Å². The van der Waals surface area contributed by atoms with Gasteiger partial charge in [0.05, 0.1) is 11.3 Å². The number of benzene rings is 1. The minimum absolute atomic E-state index is 0.564. The van der Waals surface area contributed by atoms with Crippen LogP contribution in [-0.2, 0) is 0 Å². The fourth-order valence-corrected chi connectivity index (χ4v) is 2.08. The Morgan fingerprint density at radius 2 is 2.18 bits per heavy atom. The molecule has 1 aromatic carbocycles. The van der Waals surface area contributed by atoms with Crippen molar-refractivity contribution in [1.29, 1.82) is 5.26 Å². The third-order valence-electron chi connectivity index (χ3n) is 3.04. The van der Waals surface area contributed by atoms with Gasteiger partial charge in [-0.1, -0.05) is 13.8 Å². The van der Waals surface area contributed by atoms with Crippen molar-refractivity contribution in [2.75, 3.05) is 17.2 Å². The zero-order valence-corrected chi connectivity index (χ0v) is 10.5. The Balaban J connectivity index is 2.24. The second-order valence-electron chi connectivity index (χ2n) is 5.16. The summed E-state index contributed by atoms with van der Waals surface area (Å²) in [5.74, 6) is 0.632. The molecular weight excluding hydrogens is 210 g/mol. The summed E-state index contributed by atoms with van der Waals surface area (Å²) in [5.41, 5.74) is 8.17. The van der Waals surface area contributed by atoms with Crippen molar-refractivity contribution in [1.82, 2.24) is 0 Å². The molecule has 0 bridgehead atoms. The molecule has 3 heteroatoms. The SMILES string of the molecule is CC(C)CN(c1ccc(C#N)c(N)c1)C1CC1. The molecule has 1 fully saturated rings. The summed E-state index contributed by atoms with van der Waals surface area (Å²) in [7, 11) is 0. The van der Waals surface area contributed by atoms with E-state index in [2.05, 4.69) is 24.8 Å². The predicted octanol–water partition coefficient (Wildman–Crippen LogP) is 2.77. The molecule has 0 amide bonds. The summed E-state index contributed by atoms with van der Waals surface area (Å²) in [6.07, 6.45) is 2.54.